The van der Waals surface area contributed by atoms with Crippen molar-refractivity contribution in [2.75, 3.05) is 13.1 Å². The minimum atomic E-state index is -0.225. The second kappa shape index (κ2) is 6.67. The highest BCUT2D eigenvalue weighted by atomic mass is 32.1. The summed E-state index contributed by atoms with van der Waals surface area (Å²) >= 11 is 1.45. The average molecular weight is 359 g/mol. The number of carbonyl (C=O) groups is 1. The van der Waals surface area contributed by atoms with E-state index in [-0.39, 0.29) is 11.6 Å². The molecule has 4 heterocycles. The Morgan fingerprint density at radius 2 is 2.08 bits per heavy atom. The van der Waals surface area contributed by atoms with Crippen LogP contribution in [0.5, 0.6) is 0 Å². The SMILES string of the molecule is O=C(c1ccco1)N1CCC(Cn2nnn(-c3cccs3)c2=O)CC1. The number of amides is 1. The normalized spacial score (nSPS) is 15.6. The molecule has 1 fully saturated rings. The molecule has 1 saturated heterocycles. The Hall–Kier alpha value is -2.68. The van der Waals surface area contributed by atoms with Crippen LogP contribution in [-0.2, 0) is 6.54 Å². The molecule has 1 amide bonds. The van der Waals surface area contributed by atoms with E-state index in [9.17, 15) is 9.59 Å². The van der Waals surface area contributed by atoms with Crippen LogP contribution in [0.15, 0.2) is 45.1 Å². The largest absolute Gasteiger partial charge is 0.459 e. The van der Waals surface area contributed by atoms with Crippen molar-refractivity contribution in [3.8, 4) is 5.00 Å². The van der Waals surface area contributed by atoms with E-state index >= 15 is 0 Å². The molecule has 0 spiro atoms. The van der Waals surface area contributed by atoms with Gasteiger partial charge in [-0.3, -0.25) is 4.79 Å². The highest BCUT2D eigenvalue weighted by Crippen LogP contribution is 2.20. The van der Waals surface area contributed by atoms with Gasteiger partial charge >= 0.3 is 5.69 Å². The van der Waals surface area contributed by atoms with Crippen molar-refractivity contribution in [3.63, 3.8) is 0 Å². The molecule has 0 N–H and O–H groups in total. The fourth-order valence-electron chi connectivity index (χ4n) is 3.04. The zero-order chi connectivity index (χ0) is 17.2. The van der Waals surface area contributed by atoms with E-state index in [2.05, 4.69) is 10.4 Å². The Kier molecular flexibility index (Phi) is 4.22. The van der Waals surface area contributed by atoms with Crippen molar-refractivity contribution in [1.82, 2.24) is 24.7 Å². The van der Waals surface area contributed by atoms with Gasteiger partial charge in [0.25, 0.3) is 5.91 Å². The van der Waals surface area contributed by atoms with E-state index in [1.165, 1.54) is 27.0 Å². The van der Waals surface area contributed by atoms with Gasteiger partial charge in [0.15, 0.2) is 5.76 Å². The van der Waals surface area contributed by atoms with Crippen LogP contribution < -0.4 is 5.69 Å². The van der Waals surface area contributed by atoms with Gasteiger partial charge in [0.1, 0.15) is 5.00 Å². The van der Waals surface area contributed by atoms with Crippen molar-refractivity contribution in [1.29, 1.82) is 0 Å². The number of rotatable bonds is 4. The summed E-state index contributed by atoms with van der Waals surface area (Å²) in [6.07, 6.45) is 3.15. The van der Waals surface area contributed by atoms with E-state index in [4.69, 9.17) is 4.42 Å². The van der Waals surface area contributed by atoms with Crippen molar-refractivity contribution in [3.05, 3.63) is 52.2 Å². The lowest BCUT2D eigenvalue weighted by atomic mass is 9.96. The van der Waals surface area contributed by atoms with E-state index in [0.717, 1.165) is 17.8 Å². The third-order valence-electron chi connectivity index (χ3n) is 4.42. The summed E-state index contributed by atoms with van der Waals surface area (Å²) in [6, 6.07) is 7.10. The number of likely N-dealkylation sites (tertiary alicyclic amines) is 1. The molecule has 3 aromatic rings. The zero-order valence-electron chi connectivity index (χ0n) is 13.4. The van der Waals surface area contributed by atoms with Gasteiger partial charge in [-0.1, -0.05) is 0 Å². The molecule has 0 unspecified atom stereocenters. The van der Waals surface area contributed by atoms with Gasteiger partial charge in [-0.15, -0.1) is 11.3 Å². The van der Waals surface area contributed by atoms with Gasteiger partial charge in [0.2, 0.25) is 0 Å². The Labute approximate surface area is 147 Å². The van der Waals surface area contributed by atoms with Gasteiger partial charge < -0.3 is 9.32 Å². The number of thiophene rings is 1. The third kappa shape index (κ3) is 3.14. The van der Waals surface area contributed by atoms with Crippen LogP contribution in [0.1, 0.15) is 23.4 Å². The molecule has 1 aliphatic heterocycles. The molecule has 0 aromatic carbocycles. The van der Waals surface area contributed by atoms with Gasteiger partial charge in [-0.05, 0) is 58.8 Å². The number of aromatic nitrogens is 4. The van der Waals surface area contributed by atoms with Crippen molar-refractivity contribution in [2.45, 2.75) is 19.4 Å². The maximum absolute atomic E-state index is 12.4. The summed E-state index contributed by atoms with van der Waals surface area (Å²) < 4.78 is 7.90. The average Bonchev–Trinajstić information content (AvgIpc) is 3.38. The van der Waals surface area contributed by atoms with Gasteiger partial charge in [-0.25, -0.2) is 4.79 Å². The summed E-state index contributed by atoms with van der Waals surface area (Å²) in [4.78, 5) is 26.5. The lowest BCUT2D eigenvalue weighted by Crippen LogP contribution is -2.40. The Bertz CT molecular complexity index is 889. The van der Waals surface area contributed by atoms with E-state index in [0.29, 0.717) is 31.3 Å². The molecule has 8 nitrogen and oxygen atoms in total. The first kappa shape index (κ1) is 15.8. The number of tetrazole rings is 1. The number of furan rings is 1. The fraction of sp³-hybridized carbons (Fsp3) is 0.375. The highest BCUT2D eigenvalue weighted by Gasteiger charge is 2.26. The molecule has 3 aromatic heterocycles. The summed E-state index contributed by atoms with van der Waals surface area (Å²) in [5, 5.41) is 10.6. The van der Waals surface area contributed by atoms with Crippen molar-refractivity contribution < 1.29 is 9.21 Å². The van der Waals surface area contributed by atoms with Crippen LogP contribution in [0.25, 0.3) is 5.00 Å². The molecule has 0 aliphatic carbocycles. The molecule has 0 saturated carbocycles. The van der Waals surface area contributed by atoms with Crippen LogP contribution in [0.2, 0.25) is 0 Å². The number of carbonyl (C=O) groups excluding carboxylic acids is 1. The van der Waals surface area contributed by atoms with Crippen LogP contribution in [-0.4, -0.2) is 43.7 Å². The first-order chi connectivity index (χ1) is 12.2. The van der Waals surface area contributed by atoms with Crippen LogP contribution in [0.4, 0.5) is 0 Å². The fourth-order valence-corrected chi connectivity index (χ4v) is 3.70. The molecule has 0 atom stereocenters. The molecule has 0 bridgehead atoms. The zero-order valence-corrected chi connectivity index (χ0v) is 14.3. The molecule has 1 aliphatic rings. The van der Waals surface area contributed by atoms with Crippen LogP contribution >= 0.6 is 11.3 Å². The Morgan fingerprint density at radius 3 is 2.76 bits per heavy atom. The first-order valence-corrected chi connectivity index (χ1v) is 9.00. The second-order valence-electron chi connectivity index (χ2n) is 6.02. The van der Waals surface area contributed by atoms with E-state index < -0.39 is 0 Å². The molecular formula is C16H17N5O3S. The number of nitrogens with zero attached hydrogens (tertiary/aromatic N) is 5. The summed E-state index contributed by atoms with van der Waals surface area (Å²) in [5.74, 6) is 0.588. The second-order valence-corrected chi connectivity index (χ2v) is 6.95. The summed E-state index contributed by atoms with van der Waals surface area (Å²) in [6.45, 7) is 1.82. The smallest absolute Gasteiger partial charge is 0.369 e. The van der Waals surface area contributed by atoms with E-state index in [1.807, 2.05) is 17.5 Å². The molecule has 0 radical (unpaired) electrons. The monoisotopic (exact) mass is 359 g/mol. The standard InChI is InChI=1S/C16H17N5O3S/c22-15(13-3-1-9-24-13)19-7-5-12(6-8-19)11-20-16(23)21(18-17-20)14-4-2-10-25-14/h1-4,9-10,12H,5-8,11H2. The molecule has 25 heavy (non-hydrogen) atoms. The van der Waals surface area contributed by atoms with Crippen LogP contribution in [0, 0.1) is 5.92 Å². The third-order valence-corrected chi connectivity index (χ3v) is 5.26. The maximum atomic E-state index is 12.4. The number of hydrogen-bond acceptors (Lipinski definition) is 6. The summed E-state index contributed by atoms with van der Waals surface area (Å²) in [7, 11) is 0. The number of piperidine rings is 1. The maximum Gasteiger partial charge on any atom is 0.369 e. The lowest BCUT2D eigenvalue weighted by molar-refractivity contribution is 0.0648. The molecule has 4 rings (SSSR count). The first-order valence-electron chi connectivity index (χ1n) is 8.12. The van der Waals surface area contributed by atoms with Gasteiger partial charge in [-0.2, -0.15) is 9.36 Å². The van der Waals surface area contributed by atoms with Crippen LogP contribution in [0.3, 0.4) is 0 Å². The van der Waals surface area contributed by atoms with E-state index in [1.54, 1.807) is 17.0 Å². The quantitative estimate of drug-likeness (QED) is 0.707. The minimum absolute atomic E-state index is 0.0794. The topological polar surface area (TPSA) is 86.2 Å². The number of hydrogen-bond donors (Lipinski definition) is 0. The van der Waals surface area contributed by atoms with Crippen molar-refractivity contribution in [2.24, 2.45) is 5.92 Å². The predicted octanol–water partition coefficient (Wildman–Crippen LogP) is 1.64. The highest BCUT2D eigenvalue weighted by molar-refractivity contribution is 7.12. The Balaban J connectivity index is 1.38. The lowest BCUT2D eigenvalue weighted by Gasteiger charge is -2.31. The molecule has 130 valence electrons. The summed E-state index contributed by atoms with van der Waals surface area (Å²) in [5.41, 5.74) is -0.225. The predicted molar refractivity (Wildman–Crippen MR) is 90.8 cm³/mol. The molecule has 9 heteroatoms. The molecular weight excluding hydrogens is 342 g/mol. The van der Waals surface area contributed by atoms with Gasteiger partial charge in [0, 0.05) is 13.1 Å². The van der Waals surface area contributed by atoms with Gasteiger partial charge in [0.05, 0.1) is 12.8 Å². The Morgan fingerprint density at radius 1 is 1.24 bits per heavy atom. The van der Waals surface area contributed by atoms with Crippen molar-refractivity contribution >= 4 is 17.2 Å². The minimum Gasteiger partial charge on any atom is -0.459 e.